The van der Waals surface area contributed by atoms with Crippen molar-refractivity contribution in [3.05, 3.63) is 85.2 Å². The van der Waals surface area contributed by atoms with E-state index in [0.29, 0.717) is 0 Å². The Balaban J connectivity index is 1.74. The summed E-state index contributed by atoms with van der Waals surface area (Å²) >= 11 is 0. The first-order chi connectivity index (χ1) is 13.9. The van der Waals surface area contributed by atoms with Crippen LogP contribution < -0.4 is 0 Å². The third-order valence-electron chi connectivity index (χ3n) is 5.03. The molecule has 0 radical (unpaired) electrons. The fourth-order valence-corrected chi connectivity index (χ4v) is 3.79. The SMILES string of the molecule is c1ccc(-n2c(-c3cccc4c3oc3ccccc34)nc3cnncc32)cc1. The van der Waals surface area contributed by atoms with Gasteiger partial charge in [0.1, 0.15) is 22.5 Å². The van der Waals surface area contributed by atoms with Gasteiger partial charge in [-0.25, -0.2) is 4.98 Å². The monoisotopic (exact) mass is 362 g/mol. The summed E-state index contributed by atoms with van der Waals surface area (Å²) in [5, 5.41) is 10.3. The van der Waals surface area contributed by atoms with Gasteiger partial charge in [-0.1, -0.05) is 48.5 Å². The van der Waals surface area contributed by atoms with Crippen LogP contribution >= 0.6 is 0 Å². The van der Waals surface area contributed by atoms with Crippen LogP contribution in [0.1, 0.15) is 0 Å². The number of furan rings is 1. The molecule has 0 bridgehead atoms. The number of aromatic nitrogens is 4. The van der Waals surface area contributed by atoms with Gasteiger partial charge in [-0.05, 0) is 24.3 Å². The highest BCUT2D eigenvalue weighted by Crippen LogP contribution is 2.37. The Hall–Kier alpha value is -3.99. The second-order valence-electron chi connectivity index (χ2n) is 6.65. The van der Waals surface area contributed by atoms with Crippen molar-refractivity contribution in [2.24, 2.45) is 0 Å². The van der Waals surface area contributed by atoms with E-state index in [-0.39, 0.29) is 0 Å². The standard InChI is InChI=1S/C23H14N4O/c1-2-7-15(8-3-1)27-20-14-25-24-13-19(20)26-23(27)18-11-6-10-17-16-9-4-5-12-21(16)28-22(17)18/h1-14H. The molecule has 5 heteroatoms. The van der Waals surface area contributed by atoms with E-state index < -0.39 is 0 Å². The lowest BCUT2D eigenvalue weighted by molar-refractivity contribution is 0.669. The summed E-state index contributed by atoms with van der Waals surface area (Å²) in [6.07, 6.45) is 3.44. The fraction of sp³-hybridized carbons (Fsp3) is 0. The summed E-state index contributed by atoms with van der Waals surface area (Å²) in [6, 6.07) is 24.4. The molecule has 28 heavy (non-hydrogen) atoms. The van der Waals surface area contributed by atoms with Crippen LogP contribution in [0.2, 0.25) is 0 Å². The molecular weight excluding hydrogens is 348 g/mol. The maximum absolute atomic E-state index is 6.24. The van der Waals surface area contributed by atoms with Gasteiger partial charge in [0.25, 0.3) is 0 Å². The molecule has 0 spiro atoms. The van der Waals surface area contributed by atoms with Crippen LogP contribution in [0.3, 0.4) is 0 Å². The summed E-state index contributed by atoms with van der Waals surface area (Å²) in [5.74, 6) is 0.806. The van der Waals surface area contributed by atoms with Crippen LogP contribution in [0.15, 0.2) is 89.6 Å². The zero-order chi connectivity index (χ0) is 18.5. The molecule has 0 atom stereocenters. The molecular formula is C23H14N4O. The quantitative estimate of drug-likeness (QED) is 0.415. The molecule has 3 heterocycles. The average molecular weight is 362 g/mol. The van der Waals surface area contributed by atoms with Crippen LogP contribution in [0.5, 0.6) is 0 Å². The Bertz CT molecular complexity index is 1460. The smallest absolute Gasteiger partial charge is 0.149 e. The Morgan fingerprint density at radius 2 is 1.50 bits per heavy atom. The number of fused-ring (bicyclic) bond motifs is 4. The molecule has 0 saturated carbocycles. The molecule has 3 aromatic heterocycles. The van der Waals surface area contributed by atoms with Gasteiger partial charge in [0, 0.05) is 16.5 Å². The molecule has 6 rings (SSSR count). The van der Waals surface area contributed by atoms with Crippen molar-refractivity contribution in [2.75, 3.05) is 0 Å². The van der Waals surface area contributed by atoms with Crippen molar-refractivity contribution in [1.29, 1.82) is 0 Å². The highest BCUT2D eigenvalue weighted by atomic mass is 16.3. The number of benzene rings is 3. The van der Waals surface area contributed by atoms with Gasteiger partial charge >= 0.3 is 0 Å². The van der Waals surface area contributed by atoms with Gasteiger partial charge in [0.05, 0.1) is 23.5 Å². The number of rotatable bonds is 2. The van der Waals surface area contributed by atoms with E-state index >= 15 is 0 Å². The summed E-state index contributed by atoms with van der Waals surface area (Å²) in [6.45, 7) is 0. The van der Waals surface area contributed by atoms with Gasteiger partial charge in [-0.15, -0.1) is 0 Å². The first-order valence-electron chi connectivity index (χ1n) is 9.05. The number of nitrogens with zero attached hydrogens (tertiary/aromatic N) is 4. The molecule has 0 aliphatic carbocycles. The summed E-state index contributed by atoms with van der Waals surface area (Å²) in [7, 11) is 0. The lowest BCUT2D eigenvalue weighted by atomic mass is 10.1. The van der Waals surface area contributed by atoms with Crippen LogP contribution in [-0.2, 0) is 0 Å². The minimum Gasteiger partial charge on any atom is -0.455 e. The zero-order valence-electron chi connectivity index (χ0n) is 14.8. The molecule has 0 saturated heterocycles. The van der Waals surface area contributed by atoms with E-state index in [1.807, 2.05) is 48.5 Å². The predicted octanol–water partition coefficient (Wildman–Crippen LogP) is 5.38. The molecule has 0 aliphatic rings. The molecule has 132 valence electrons. The Morgan fingerprint density at radius 3 is 2.43 bits per heavy atom. The highest BCUT2D eigenvalue weighted by Gasteiger charge is 2.19. The van der Waals surface area contributed by atoms with Crippen molar-refractivity contribution >= 4 is 33.0 Å². The third kappa shape index (κ3) is 2.10. The zero-order valence-corrected chi connectivity index (χ0v) is 14.8. The topological polar surface area (TPSA) is 56.7 Å². The van der Waals surface area contributed by atoms with E-state index in [2.05, 4.69) is 39.0 Å². The summed E-state index contributed by atoms with van der Waals surface area (Å²) < 4.78 is 8.34. The lowest BCUT2D eigenvalue weighted by Crippen LogP contribution is -1.97. The Kier molecular flexibility index (Phi) is 3.10. The fourth-order valence-electron chi connectivity index (χ4n) is 3.79. The number of para-hydroxylation sites is 3. The largest absolute Gasteiger partial charge is 0.455 e. The van der Waals surface area contributed by atoms with Gasteiger partial charge in [0.2, 0.25) is 0 Å². The van der Waals surface area contributed by atoms with Crippen molar-refractivity contribution in [3.8, 4) is 17.1 Å². The van der Waals surface area contributed by atoms with Gasteiger partial charge in [0.15, 0.2) is 0 Å². The predicted molar refractivity (Wildman–Crippen MR) is 109 cm³/mol. The van der Waals surface area contributed by atoms with Gasteiger partial charge < -0.3 is 4.42 Å². The highest BCUT2D eigenvalue weighted by molar-refractivity contribution is 6.09. The Labute approximate surface area is 159 Å². The second-order valence-corrected chi connectivity index (χ2v) is 6.65. The average Bonchev–Trinajstić information content (AvgIpc) is 3.33. The molecule has 6 aromatic rings. The van der Waals surface area contributed by atoms with E-state index in [1.165, 1.54) is 0 Å². The summed E-state index contributed by atoms with van der Waals surface area (Å²) in [5.41, 5.74) is 5.36. The lowest BCUT2D eigenvalue weighted by Gasteiger charge is -2.09. The van der Waals surface area contributed by atoms with Crippen LogP contribution in [-0.4, -0.2) is 19.7 Å². The number of hydrogen-bond acceptors (Lipinski definition) is 4. The first-order valence-corrected chi connectivity index (χ1v) is 9.05. The van der Waals surface area contributed by atoms with Crippen LogP contribution in [0.25, 0.3) is 50.0 Å². The van der Waals surface area contributed by atoms with E-state index in [9.17, 15) is 0 Å². The molecule has 0 N–H and O–H groups in total. The molecule has 0 fully saturated rings. The van der Waals surface area contributed by atoms with Crippen molar-refractivity contribution in [3.63, 3.8) is 0 Å². The number of imidazole rings is 1. The second kappa shape index (κ2) is 5.76. The van der Waals surface area contributed by atoms with Crippen molar-refractivity contribution < 1.29 is 4.42 Å². The maximum atomic E-state index is 6.24. The van der Waals surface area contributed by atoms with E-state index in [1.54, 1.807) is 12.4 Å². The summed E-state index contributed by atoms with van der Waals surface area (Å²) in [4.78, 5) is 4.88. The minimum atomic E-state index is 0.793. The third-order valence-corrected chi connectivity index (χ3v) is 5.03. The molecule has 0 unspecified atom stereocenters. The molecule has 3 aromatic carbocycles. The van der Waals surface area contributed by atoms with E-state index in [4.69, 9.17) is 9.40 Å². The molecule has 0 amide bonds. The van der Waals surface area contributed by atoms with Gasteiger partial charge in [-0.3, -0.25) is 4.57 Å². The Morgan fingerprint density at radius 1 is 0.714 bits per heavy atom. The minimum absolute atomic E-state index is 0.793. The van der Waals surface area contributed by atoms with E-state index in [0.717, 1.165) is 50.0 Å². The molecule has 0 aliphatic heterocycles. The van der Waals surface area contributed by atoms with Crippen molar-refractivity contribution in [2.45, 2.75) is 0 Å². The van der Waals surface area contributed by atoms with Crippen molar-refractivity contribution in [1.82, 2.24) is 19.7 Å². The van der Waals surface area contributed by atoms with Crippen LogP contribution in [0, 0.1) is 0 Å². The normalized spacial score (nSPS) is 11.6. The molecule has 5 nitrogen and oxygen atoms in total. The first kappa shape index (κ1) is 15.1. The maximum Gasteiger partial charge on any atom is 0.149 e. The van der Waals surface area contributed by atoms with Crippen LogP contribution in [0.4, 0.5) is 0 Å². The van der Waals surface area contributed by atoms with Gasteiger partial charge in [-0.2, -0.15) is 10.2 Å². The number of hydrogen-bond donors (Lipinski definition) is 0.